The zero-order valence-corrected chi connectivity index (χ0v) is 29.5. The van der Waals surface area contributed by atoms with Crippen molar-refractivity contribution in [2.24, 2.45) is 5.92 Å². The summed E-state index contributed by atoms with van der Waals surface area (Å²) >= 11 is 0. The first-order valence-electron chi connectivity index (χ1n) is 17.6. The fraction of sp³-hybridized carbons (Fsp3) is 0.462. The highest BCUT2D eigenvalue weighted by Gasteiger charge is 2.61. The number of pyridine rings is 1. The molecule has 2 aromatic carbocycles. The number of fused-ring (bicyclic) bond motifs is 3. The normalized spacial score (nSPS) is 26.1. The van der Waals surface area contributed by atoms with Gasteiger partial charge in [-0.3, -0.25) is 9.59 Å². The number of rotatable bonds is 6. The summed E-state index contributed by atoms with van der Waals surface area (Å²) in [5.74, 6) is -1.35. The number of benzene rings is 2. The van der Waals surface area contributed by atoms with Crippen LogP contribution < -0.4 is 20.1 Å². The third kappa shape index (κ3) is 8.10. The number of carbonyl (C=O) groups excluding carboxylic acids is 3. The molecule has 270 valence electrons. The Balaban J connectivity index is 1.34. The molecule has 1 unspecified atom stereocenters. The van der Waals surface area contributed by atoms with Crippen LogP contribution in [0.2, 0.25) is 0 Å². The number of nitrogens with zero attached hydrogens (tertiary/aromatic N) is 2. The zero-order chi connectivity index (χ0) is 36.3. The molecule has 0 spiro atoms. The predicted molar refractivity (Wildman–Crippen MR) is 190 cm³/mol. The molecule has 51 heavy (non-hydrogen) atoms. The molecule has 2 aliphatic heterocycles. The molecule has 1 saturated heterocycles. The van der Waals surface area contributed by atoms with Crippen LogP contribution in [-0.4, -0.2) is 81.8 Å². The van der Waals surface area contributed by atoms with Gasteiger partial charge in [-0.15, -0.1) is 0 Å². The van der Waals surface area contributed by atoms with Crippen molar-refractivity contribution in [3.8, 4) is 22.8 Å². The molecule has 3 aromatic rings. The maximum Gasteiger partial charge on any atom is 0.408 e. The van der Waals surface area contributed by atoms with Gasteiger partial charge in [0.05, 0.1) is 24.9 Å². The van der Waals surface area contributed by atoms with Crippen molar-refractivity contribution >= 4 is 34.8 Å². The van der Waals surface area contributed by atoms with E-state index in [4.69, 9.17) is 19.2 Å². The van der Waals surface area contributed by atoms with Gasteiger partial charge in [0, 0.05) is 35.4 Å². The lowest BCUT2D eigenvalue weighted by molar-refractivity contribution is -0.145. The Morgan fingerprint density at radius 2 is 1.84 bits per heavy atom. The van der Waals surface area contributed by atoms with E-state index in [-0.39, 0.29) is 25.3 Å². The molecule has 3 aliphatic rings. The summed E-state index contributed by atoms with van der Waals surface area (Å²) in [6.07, 6.45) is 6.22. The van der Waals surface area contributed by atoms with Crippen LogP contribution in [0.5, 0.6) is 11.5 Å². The number of carbonyl (C=O) groups is 4. The minimum atomic E-state index is -1.44. The topological polar surface area (TPSA) is 156 Å². The highest BCUT2D eigenvalue weighted by Crippen LogP contribution is 2.45. The summed E-state index contributed by atoms with van der Waals surface area (Å²) in [6, 6.07) is 15.0. The number of hydrogen-bond acceptors (Lipinski definition) is 8. The number of hydrogen-bond donors (Lipinski definition) is 3. The van der Waals surface area contributed by atoms with E-state index in [9.17, 15) is 24.3 Å². The van der Waals surface area contributed by atoms with E-state index >= 15 is 0 Å². The number of carboxylic acids is 1. The van der Waals surface area contributed by atoms with Gasteiger partial charge in [0.2, 0.25) is 11.8 Å². The van der Waals surface area contributed by atoms with Gasteiger partial charge in [-0.2, -0.15) is 0 Å². The van der Waals surface area contributed by atoms with Crippen LogP contribution in [0, 0.1) is 5.92 Å². The van der Waals surface area contributed by atoms with Crippen LogP contribution in [0.3, 0.4) is 0 Å². The average Bonchev–Trinajstić information content (AvgIpc) is 3.63. The molecule has 0 radical (unpaired) electrons. The molecular weight excluding hydrogens is 652 g/mol. The van der Waals surface area contributed by atoms with Crippen LogP contribution in [-0.2, 0) is 19.1 Å². The van der Waals surface area contributed by atoms with E-state index < -0.39 is 53.2 Å². The highest BCUT2D eigenvalue weighted by atomic mass is 16.6. The molecule has 1 aromatic heterocycles. The van der Waals surface area contributed by atoms with Gasteiger partial charge in [-0.05, 0) is 58.6 Å². The summed E-state index contributed by atoms with van der Waals surface area (Å²) in [5, 5.41) is 16.5. The molecule has 0 bridgehead atoms. The number of ether oxygens (including phenoxy) is 3. The fourth-order valence-corrected chi connectivity index (χ4v) is 6.93. The van der Waals surface area contributed by atoms with Crippen molar-refractivity contribution in [2.45, 2.75) is 95.0 Å². The Morgan fingerprint density at radius 3 is 2.57 bits per heavy atom. The van der Waals surface area contributed by atoms with Crippen molar-refractivity contribution in [2.75, 3.05) is 13.7 Å². The molecule has 3 N–H and O–H groups in total. The highest BCUT2D eigenvalue weighted by molar-refractivity contribution is 5.96. The smallest absolute Gasteiger partial charge is 0.408 e. The van der Waals surface area contributed by atoms with E-state index in [0.29, 0.717) is 35.6 Å². The third-order valence-corrected chi connectivity index (χ3v) is 9.65. The maximum atomic E-state index is 14.4. The first-order chi connectivity index (χ1) is 24.4. The summed E-state index contributed by atoms with van der Waals surface area (Å²) in [7, 11) is 1.58. The Hall–Kier alpha value is -5.13. The lowest BCUT2D eigenvalue weighted by atomic mass is 10.0. The average molecular weight is 699 g/mol. The zero-order valence-electron chi connectivity index (χ0n) is 29.5. The van der Waals surface area contributed by atoms with Crippen molar-refractivity contribution in [3.05, 3.63) is 66.7 Å². The Bertz CT molecular complexity index is 1820. The van der Waals surface area contributed by atoms with Crippen LogP contribution in [0.15, 0.2) is 66.7 Å². The summed E-state index contributed by atoms with van der Waals surface area (Å²) in [4.78, 5) is 60.2. The minimum Gasteiger partial charge on any atom is -0.497 e. The van der Waals surface area contributed by atoms with E-state index in [1.54, 1.807) is 27.9 Å². The van der Waals surface area contributed by atoms with Crippen LogP contribution >= 0.6 is 0 Å². The first-order valence-corrected chi connectivity index (χ1v) is 17.6. The van der Waals surface area contributed by atoms with Gasteiger partial charge in [0.15, 0.2) is 0 Å². The van der Waals surface area contributed by atoms with E-state index in [1.165, 1.54) is 4.90 Å². The first kappa shape index (κ1) is 35.7. The third-order valence-electron chi connectivity index (χ3n) is 9.65. The number of methoxy groups -OCH3 is 1. The van der Waals surface area contributed by atoms with Crippen molar-refractivity contribution in [1.29, 1.82) is 0 Å². The molecular formula is C39H46N4O8. The molecule has 3 heterocycles. The van der Waals surface area contributed by atoms with Crippen molar-refractivity contribution in [1.82, 2.24) is 20.5 Å². The molecule has 3 amide bonds. The van der Waals surface area contributed by atoms with Crippen molar-refractivity contribution < 1.29 is 38.5 Å². The summed E-state index contributed by atoms with van der Waals surface area (Å²) in [6.45, 7) is 5.26. The second-order valence-electron chi connectivity index (χ2n) is 14.6. The molecule has 1 aliphatic carbocycles. The van der Waals surface area contributed by atoms with E-state index in [2.05, 4.69) is 10.6 Å². The fourth-order valence-electron chi connectivity index (χ4n) is 6.93. The predicted octanol–water partition coefficient (Wildman–Crippen LogP) is 5.63. The lowest BCUT2D eigenvalue weighted by Gasteiger charge is -2.30. The van der Waals surface area contributed by atoms with E-state index in [0.717, 1.165) is 30.2 Å². The molecule has 6 rings (SSSR count). The van der Waals surface area contributed by atoms with Crippen LogP contribution in [0.1, 0.15) is 65.7 Å². The van der Waals surface area contributed by atoms with Crippen LogP contribution in [0.25, 0.3) is 22.2 Å². The summed E-state index contributed by atoms with van der Waals surface area (Å²) < 4.78 is 17.6. The molecule has 12 heteroatoms. The number of amides is 3. The quantitative estimate of drug-likeness (QED) is 0.278. The summed E-state index contributed by atoms with van der Waals surface area (Å²) in [5.41, 5.74) is -0.0312. The standard InChI is InChI=1S/C39H46N4O8/c1-38(2,3)51-37(48)41-29-16-12-7-5-6-11-15-25-22-39(25,36(46)47)42-34(44)32-20-27(23-43(32)35(29)45)50-33-21-30(24-13-9-8-10-14-24)40-31-19-26(49-4)17-18-28(31)33/h8-11,13-15,17-19,21,25,27,29,32H,5-7,12,16,20,22-23H2,1-4H3,(H,41,48)(H,42,44)(H,46,47)/b15-11-/t25?,27-,29-,32+,39-/m1/s1. The molecule has 12 nitrogen and oxygen atoms in total. The number of carboxylic acid groups (broad SMARTS) is 1. The van der Waals surface area contributed by atoms with Gasteiger partial charge in [0.25, 0.3) is 0 Å². The molecule has 2 fully saturated rings. The second kappa shape index (κ2) is 14.6. The monoisotopic (exact) mass is 698 g/mol. The number of aromatic nitrogens is 1. The Labute approximate surface area is 297 Å². The van der Waals surface area contributed by atoms with Gasteiger partial charge in [0.1, 0.15) is 40.8 Å². The number of allylic oxidation sites excluding steroid dienone is 1. The van der Waals surface area contributed by atoms with Gasteiger partial charge in [-0.1, -0.05) is 55.3 Å². The van der Waals surface area contributed by atoms with Gasteiger partial charge < -0.3 is 34.9 Å². The lowest BCUT2D eigenvalue weighted by Crippen LogP contribution is -2.56. The Kier molecular flexibility index (Phi) is 10.2. The number of aliphatic carboxylic acids is 1. The van der Waals surface area contributed by atoms with Crippen molar-refractivity contribution in [3.63, 3.8) is 0 Å². The SMILES string of the molecule is COc1ccc2c(O[C@@H]3C[C@H]4C(=O)N[C@]5(C(=O)O)CC5/C=C\CCCCC[C@@H](NC(=O)OC(C)(C)C)C(=O)N4C3)cc(-c3ccccc3)nc2c1. The van der Waals surface area contributed by atoms with E-state index in [1.807, 2.05) is 66.7 Å². The molecule has 1 saturated carbocycles. The number of alkyl carbamates (subject to hydrolysis) is 1. The minimum absolute atomic E-state index is 0.0352. The molecule has 5 atom stereocenters. The Morgan fingerprint density at radius 1 is 1.06 bits per heavy atom. The maximum absolute atomic E-state index is 14.4. The number of nitrogens with one attached hydrogen (secondary N) is 2. The van der Waals surface area contributed by atoms with Gasteiger partial charge >= 0.3 is 12.1 Å². The van der Waals surface area contributed by atoms with Gasteiger partial charge in [-0.25, -0.2) is 14.6 Å². The second-order valence-corrected chi connectivity index (χ2v) is 14.6. The largest absolute Gasteiger partial charge is 0.497 e. The van der Waals surface area contributed by atoms with Crippen LogP contribution in [0.4, 0.5) is 4.79 Å².